The Bertz CT molecular complexity index is 379. The minimum Gasteiger partial charge on any atom is -0.285 e. The summed E-state index contributed by atoms with van der Waals surface area (Å²) in [7, 11) is -2.98. The van der Waals surface area contributed by atoms with Crippen LogP contribution in [0, 0.1) is 11.3 Å². The molecule has 1 saturated heterocycles. The molecular weight excluding hydrogens is 346 g/mol. The number of hydrogen-bond acceptors (Lipinski definition) is 4. The lowest BCUT2D eigenvalue weighted by Crippen LogP contribution is -2.51. The van der Waals surface area contributed by atoms with Crippen molar-refractivity contribution in [1.29, 1.82) is 0 Å². The molecule has 6 heteroatoms. The molecule has 0 amide bonds. The standard InChI is InChI=1S/C13H26BrNO2S2/c1-5-19(16,17)12-10-18-7-6-15(12)9-11(8-14)13(2,3)4/h11-12H,5-10H2,1-4H3. The van der Waals surface area contributed by atoms with Gasteiger partial charge in [-0.1, -0.05) is 43.6 Å². The van der Waals surface area contributed by atoms with Gasteiger partial charge in [-0.3, -0.25) is 4.90 Å². The second kappa shape index (κ2) is 7.14. The SMILES string of the molecule is CCS(=O)(=O)C1CSCCN1CC(CBr)C(C)(C)C. The summed E-state index contributed by atoms with van der Waals surface area (Å²) in [6, 6.07) is 0. The first-order valence-electron chi connectivity index (χ1n) is 6.81. The van der Waals surface area contributed by atoms with Crippen molar-refractivity contribution in [2.24, 2.45) is 11.3 Å². The van der Waals surface area contributed by atoms with E-state index >= 15 is 0 Å². The third-order valence-corrected chi connectivity index (χ3v) is 7.99. The fourth-order valence-electron chi connectivity index (χ4n) is 2.18. The van der Waals surface area contributed by atoms with E-state index in [0.717, 1.165) is 29.9 Å². The Morgan fingerprint density at radius 2 is 2.05 bits per heavy atom. The maximum Gasteiger partial charge on any atom is 0.166 e. The molecule has 1 fully saturated rings. The Kier molecular flexibility index (Phi) is 6.69. The Morgan fingerprint density at radius 3 is 2.53 bits per heavy atom. The smallest absolute Gasteiger partial charge is 0.166 e. The van der Waals surface area contributed by atoms with Gasteiger partial charge < -0.3 is 0 Å². The van der Waals surface area contributed by atoms with Crippen molar-refractivity contribution in [3.05, 3.63) is 0 Å². The molecule has 0 spiro atoms. The molecule has 0 radical (unpaired) electrons. The summed E-state index contributed by atoms with van der Waals surface area (Å²) >= 11 is 5.34. The van der Waals surface area contributed by atoms with E-state index in [1.54, 1.807) is 18.7 Å². The number of hydrogen-bond donors (Lipinski definition) is 0. The lowest BCUT2D eigenvalue weighted by molar-refractivity contribution is 0.163. The summed E-state index contributed by atoms with van der Waals surface area (Å²) in [5, 5.41) is 0.624. The van der Waals surface area contributed by atoms with Gasteiger partial charge in [-0.25, -0.2) is 8.42 Å². The Balaban J connectivity index is 2.84. The fourth-order valence-corrected chi connectivity index (χ4v) is 6.45. The van der Waals surface area contributed by atoms with E-state index in [1.807, 2.05) is 0 Å². The molecular formula is C13H26BrNO2S2. The number of halogens is 1. The predicted octanol–water partition coefficient (Wildman–Crippen LogP) is 2.85. The molecule has 2 unspecified atom stereocenters. The second-order valence-corrected chi connectivity index (χ2v) is 10.4. The van der Waals surface area contributed by atoms with Crippen LogP contribution in [0.15, 0.2) is 0 Å². The van der Waals surface area contributed by atoms with Gasteiger partial charge >= 0.3 is 0 Å². The van der Waals surface area contributed by atoms with Gasteiger partial charge in [0.25, 0.3) is 0 Å². The molecule has 0 bridgehead atoms. The van der Waals surface area contributed by atoms with Crippen molar-refractivity contribution in [3.63, 3.8) is 0 Å². The second-order valence-electron chi connectivity index (χ2n) is 6.19. The van der Waals surface area contributed by atoms with Crippen LogP contribution in [0.4, 0.5) is 0 Å². The van der Waals surface area contributed by atoms with Crippen LogP contribution in [0.1, 0.15) is 27.7 Å². The Morgan fingerprint density at radius 1 is 1.42 bits per heavy atom. The van der Waals surface area contributed by atoms with Crippen LogP contribution in [0.25, 0.3) is 0 Å². The largest absolute Gasteiger partial charge is 0.285 e. The highest BCUT2D eigenvalue weighted by atomic mass is 79.9. The van der Waals surface area contributed by atoms with E-state index in [1.165, 1.54) is 0 Å². The zero-order valence-corrected chi connectivity index (χ0v) is 15.6. The van der Waals surface area contributed by atoms with E-state index in [9.17, 15) is 8.42 Å². The van der Waals surface area contributed by atoms with E-state index in [-0.39, 0.29) is 16.5 Å². The third kappa shape index (κ3) is 4.90. The molecule has 0 saturated carbocycles. The first kappa shape index (κ1) is 17.8. The van der Waals surface area contributed by atoms with Crippen molar-refractivity contribution in [3.8, 4) is 0 Å². The maximum atomic E-state index is 12.2. The highest BCUT2D eigenvalue weighted by Crippen LogP contribution is 2.31. The highest BCUT2D eigenvalue weighted by molar-refractivity contribution is 9.09. The molecule has 1 heterocycles. The van der Waals surface area contributed by atoms with Gasteiger partial charge in [0, 0.05) is 35.7 Å². The summed E-state index contributed by atoms with van der Waals surface area (Å²) in [5.74, 6) is 2.46. The third-order valence-electron chi connectivity index (χ3n) is 3.87. The van der Waals surface area contributed by atoms with E-state index in [2.05, 4.69) is 41.6 Å². The zero-order valence-electron chi connectivity index (χ0n) is 12.4. The van der Waals surface area contributed by atoms with Crippen LogP contribution in [-0.4, -0.2) is 54.4 Å². The molecule has 0 aliphatic carbocycles. The van der Waals surface area contributed by atoms with Crippen molar-refractivity contribution in [2.75, 3.05) is 35.7 Å². The highest BCUT2D eigenvalue weighted by Gasteiger charge is 2.35. The summed E-state index contributed by atoms with van der Waals surface area (Å²) in [4.78, 5) is 2.19. The van der Waals surface area contributed by atoms with Crippen molar-refractivity contribution in [2.45, 2.75) is 33.1 Å². The molecule has 0 N–H and O–H groups in total. The van der Waals surface area contributed by atoms with E-state index in [0.29, 0.717) is 5.92 Å². The number of rotatable bonds is 5. The van der Waals surface area contributed by atoms with Gasteiger partial charge in [0.2, 0.25) is 0 Å². The van der Waals surface area contributed by atoms with Gasteiger partial charge in [0.15, 0.2) is 9.84 Å². The monoisotopic (exact) mass is 371 g/mol. The van der Waals surface area contributed by atoms with Crippen LogP contribution in [-0.2, 0) is 9.84 Å². The zero-order chi connectivity index (χ0) is 14.7. The van der Waals surface area contributed by atoms with Crippen LogP contribution in [0.3, 0.4) is 0 Å². The van der Waals surface area contributed by atoms with Gasteiger partial charge in [0.05, 0.1) is 0 Å². The molecule has 2 atom stereocenters. The van der Waals surface area contributed by atoms with Crippen molar-refractivity contribution in [1.82, 2.24) is 4.90 Å². The number of thioether (sulfide) groups is 1. The number of alkyl halides is 1. The van der Waals surface area contributed by atoms with Crippen LogP contribution >= 0.6 is 27.7 Å². The summed E-state index contributed by atoms with van der Waals surface area (Å²) in [6.45, 7) is 10.2. The topological polar surface area (TPSA) is 37.4 Å². The Labute approximate surface area is 130 Å². The summed E-state index contributed by atoms with van der Waals surface area (Å²) < 4.78 is 24.4. The first-order valence-corrected chi connectivity index (χ1v) is 10.8. The lowest BCUT2D eigenvalue weighted by Gasteiger charge is -2.40. The fraction of sp³-hybridized carbons (Fsp3) is 1.00. The average Bonchev–Trinajstić information content (AvgIpc) is 2.34. The average molecular weight is 372 g/mol. The van der Waals surface area contributed by atoms with Gasteiger partial charge in [-0.15, -0.1) is 0 Å². The van der Waals surface area contributed by atoms with Gasteiger partial charge in [0.1, 0.15) is 5.37 Å². The minimum atomic E-state index is -2.98. The van der Waals surface area contributed by atoms with Gasteiger partial charge in [-0.05, 0) is 11.3 Å². The number of nitrogens with zero attached hydrogens (tertiary/aromatic N) is 1. The molecule has 0 aromatic rings. The molecule has 0 aromatic heterocycles. The summed E-state index contributed by atoms with van der Waals surface area (Å²) in [5.41, 5.74) is 0.189. The molecule has 1 aliphatic rings. The minimum absolute atomic E-state index is 0.189. The van der Waals surface area contributed by atoms with Crippen molar-refractivity contribution >= 4 is 37.5 Å². The molecule has 19 heavy (non-hydrogen) atoms. The first-order chi connectivity index (χ1) is 8.72. The maximum absolute atomic E-state index is 12.2. The quantitative estimate of drug-likeness (QED) is 0.696. The van der Waals surface area contributed by atoms with Gasteiger partial charge in [-0.2, -0.15) is 11.8 Å². The van der Waals surface area contributed by atoms with Crippen LogP contribution < -0.4 is 0 Å². The lowest BCUT2D eigenvalue weighted by atomic mass is 9.82. The van der Waals surface area contributed by atoms with E-state index < -0.39 is 9.84 Å². The van der Waals surface area contributed by atoms with Crippen molar-refractivity contribution < 1.29 is 8.42 Å². The molecule has 1 aliphatic heterocycles. The molecule has 0 aromatic carbocycles. The normalized spacial score (nSPS) is 24.4. The molecule has 3 nitrogen and oxygen atoms in total. The number of sulfone groups is 1. The Hall–Kier alpha value is 0.740. The molecule has 1 rings (SSSR count). The molecule has 114 valence electrons. The van der Waals surface area contributed by atoms with Crippen LogP contribution in [0.5, 0.6) is 0 Å². The van der Waals surface area contributed by atoms with Crippen LogP contribution in [0.2, 0.25) is 0 Å². The predicted molar refractivity (Wildman–Crippen MR) is 88.9 cm³/mol. The summed E-state index contributed by atoms with van der Waals surface area (Å²) in [6.07, 6.45) is 0. The van der Waals surface area contributed by atoms with E-state index in [4.69, 9.17) is 0 Å².